The van der Waals surface area contributed by atoms with Gasteiger partial charge in [0.1, 0.15) is 11.6 Å². The lowest BCUT2D eigenvalue weighted by atomic mass is 9.97. The minimum Gasteiger partial charge on any atom is -0.383 e. The van der Waals surface area contributed by atoms with Crippen LogP contribution in [0, 0.1) is 12.8 Å². The Hall–Kier alpha value is -1.40. The van der Waals surface area contributed by atoms with Crippen LogP contribution in [0.3, 0.4) is 0 Å². The van der Waals surface area contributed by atoms with Crippen molar-refractivity contribution in [1.29, 1.82) is 0 Å². The van der Waals surface area contributed by atoms with E-state index in [-0.39, 0.29) is 24.8 Å². The molecule has 2 heterocycles. The van der Waals surface area contributed by atoms with Crippen molar-refractivity contribution in [1.82, 2.24) is 14.9 Å². The highest BCUT2D eigenvalue weighted by atomic mass is 35.5. The Balaban J connectivity index is 0.00000169. The van der Waals surface area contributed by atoms with E-state index in [9.17, 15) is 0 Å². The molecule has 0 unspecified atom stereocenters. The molecule has 0 bridgehead atoms. The number of nitrogens with zero attached hydrogens (tertiary/aromatic N) is 3. The molecule has 2 aromatic rings. The van der Waals surface area contributed by atoms with Gasteiger partial charge in [-0.05, 0) is 44.3 Å². The number of benzene rings is 1. The van der Waals surface area contributed by atoms with E-state index in [2.05, 4.69) is 39.1 Å². The fourth-order valence-electron chi connectivity index (χ4n) is 3.10. The summed E-state index contributed by atoms with van der Waals surface area (Å²) in [5, 5.41) is 0. The number of ether oxygens (including phenoxy) is 1. The number of likely N-dealkylation sites (tertiary alicyclic amines) is 1. The van der Waals surface area contributed by atoms with Crippen molar-refractivity contribution in [2.75, 3.05) is 25.4 Å². The van der Waals surface area contributed by atoms with Crippen LogP contribution in [0.2, 0.25) is 0 Å². The molecule has 1 fully saturated rings. The zero-order valence-corrected chi connectivity index (χ0v) is 16.8. The molecule has 1 aliphatic rings. The highest BCUT2D eigenvalue weighted by Crippen LogP contribution is 2.21. The molecule has 1 aromatic heterocycles. The number of aryl methyl sites for hydroxylation is 1. The van der Waals surface area contributed by atoms with Crippen LogP contribution in [0.4, 0.5) is 5.82 Å². The van der Waals surface area contributed by atoms with Gasteiger partial charge in [-0.2, -0.15) is 0 Å². The summed E-state index contributed by atoms with van der Waals surface area (Å²) in [6.07, 6.45) is 4.19. The average molecular weight is 399 g/mol. The molecular weight excluding hydrogens is 371 g/mol. The Kier molecular flexibility index (Phi) is 9.88. The van der Waals surface area contributed by atoms with Crippen molar-refractivity contribution in [3.05, 3.63) is 53.5 Å². The number of nitrogen functional groups attached to an aromatic ring is 1. The smallest absolute Gasteiger partial charge is 0.131 e. The summed E-state index contributed by atoms with van der Waals surface area (Å²) in [5.74, 6) is 1.98. The van der Waals surface area contributed by atoms with Gasteiger partial charge < -0.3 is 10.5 Å². The third-order valence-electron chi connectivity index (χ3n) is 4.58. The third kappa shape index (κ3) is 6.72. The first kappa shape index (κ1) is 22.6. The molecule has 1 aromatic carbocycles. The van der Waals surface area contributed by atoms with E-state index in [0.29, 0.717) is 18.3 Å². The molecule has 0 aliphatic carbocycles. The maximum atomic E-state index is 5.99. The van der Waals surface area contributed by atoms with Gasteiger partial charge in [-0.25, -0.2) is 9.97 Å². The van der Waals surface area contributed by atoms with Gasteiger partial charge in [0.2, 0.25) is 0 Å². The summed E-state index contributed by atoms with van der Waals surface area (Å²) in [7, 11) is 0. The predicted molar refractivity (Wildman–Crippen MR) is 110 cm³/mol. The lowest BCUT2D eigenvalue weighted by Crippen LogP contribution is -2.35. The second-order valence-corrected chi connectivity index (χ2v) is 6.55. The molecule has 144 valence electrons. The van der Waals surface area contributed by atoms with Crippen molar-refractivity contribution in [2.45, 2.75) is 32.9 Å². The second kappa shape index (κ2) is 11.3. The second-order valence-electron chi connectivity index (χ2n) is 6.55. The van der Waals surface area contributed by atoms with Gasteiger partial charge in [-0.15, -0.1) is 24.8 Å². The largest absolute Gasteiger partial charge is 0.383 e. The number of anilines is 1. The minimum absolute atomic E-state index is 0. The zero-order valence-electron chi connectivity index (χ0n) is 15.1. The van der Waals surface area contributed by atoms with Gasteiger partial charge >= 0.3 is 0 Å². The van der Waals surface area contributed by atoms with Crippen LogP contribution < -0.4 is 5.73 Å². The quantitative estimate of drug-likeness (QED) is 0.804. The number of piperidine rings is 1. The van der Waals surface area contributed by atoms with E-state index in [1.54, 1.807) is 0 Å². The van der Waals surface area contributed by atoms with Crippen LogP contribution in [0.15, 0.2) is 36.5 Å². The van der Waals surface area contributed by atoms with Crippen LogP contribution in [0.1, 0.15) is 29.8 Å². The Morgan fingerprint density at radius 3 is 2.50 bits per heavy atom. The maximum absolute atomic E-state index is 5.99. The molecule has 5 nitrogen and oxygen atoms in total. The Bertz CT molecular complexity index is 649. The summed E-state index contributed by atoms with van der Waals surface area (Å²) in [4.78, 5) is 10.9. The zero-order chi connectivity index (χ0) is 16.8. The lowest BCUT2D eigenvalue weighted by Gasteiger charge is -2.31. The summed E-state index contributed by atoms with van der Waals surface area (Å²) < 4.78 is 5.89. The van der Waals surface area contributed by atoms with Gasteiger partial charge in [-0.1, -0.05) is 30.3 Å². The van der Waals surface area contributed by atoms with E-state index in [4.69, 9.17) is 10.5 Å². The molecule has 0 spiro atoms. The molecule has 2 N–H and O–H groups in total. The van der Waals surface area contributed by atoms with Gasteiger partial charge in [0.25, 0.3) is 0 Å². The van der Waals surface area contributed by atoms with Crippen LogP contribution in [0.25, 0.3) is 0 Å². The van der Waals surface area contributed by atoms with E-state index >= 15 is 0 Å². The SMILES string of the molecule is Cc1ncc(CN2CCC(COCc3ccccc3)CC2)c(N)n1.Cl.Cl. The summed E-state index contributed by atoms with van der Waals surface area (Å²) >= 11 is 0. The highest BCUT2D eigenvalue weighted by molar-refractivity contribution is 5.85. The van der Waals surface area contributed by atoms with Crippen molar-refractivity contribution in [2.24, 2.45) is 5.92 Å². The highest BCUT2D eigenvalue weighted by Gasteiger charge is 2.20. The minimum atomic E-state index is 0. The number of hydrogen-bond donors (Lipinski definition) is 1. The van der Waals surface area contributed by atoms with Crippen LogP contribution in [-0.4, -0.2) is 34.6 Å². The molecule has 0 saturated carbocycles. The van der Waals surface area contributed by atoms with E-state index in [0.717, 1.165) is 37.6 Å². The van der Waals surface area contributed by atoms with Gasteiger partial charge in [-0.3, -0.25) is 4.90 Å². The number of hydrogen-bond acceptors (Lipinski definition) is 5. The molecule has 1 aliphatic heterocycles. The van der Waals surface area contributed by atoms with Gasteiger partial charge in [0, 0.05) is 24.9 Å². The number of aromatic nitrogens is 2. The Morgan fingerprint density at radius 1 is 1.15 bits per heavy atom. The Labute approximate surface area is 168 Å². The first-order valence-corrected chi connectivity index (χ1v) is 8.62. The van der Waals surface area contributed by atoms with E-state index in [1.165, 1.54) is 18.4 Å². The van der Waals surface area contributed by atoms with E-state index in [1.807, 2.05) is 19.2 Å². The standard InChI is InChI=1S/C19H26N4O.2ClH/c1-15-21-11-18(19(20)22-15)12-23-9-7-17(8-10-23)14-24-13-16-5-3-2-4-6-16;;/h2-6,11,17H,7-10,12-14H2,1H3,(H2,20,21,22);2*1H. The molecular formula is C19H28Cl2N4O. The van der Waals surface area contributed by atoms with Gasteiger partial charge in [0.15, 0.2) is 0 Å². The number of nitrogens with two attached hydrogens (primary N) is 1. The molecule has 3 rings (SSSR count). The normalized spacial score (nSPS) is 15.1. The molecule has 1 saturated heterocycles. The first-order chi connectivity index (χ1) is 11.7. The molecule has 26 heavy (non-hydrogen) atoms. The molecule has 0 amide bonds. The topological polar surface area (TPSA) is 64.3 Å². The average Bonchev–Trinajstić information content (AvgIpc) is 2.60. The first-order valence-electron chi connectivity index (χ1n) is 8.62. The monoisotopic (exact) mass is 398 g/mol. The van der Waals surface area contributed by atoms with Crippen molar-refractivity contribution in [3.63, 3.8) is 0 Å². The number of rotatable bonds is 6. The van der Waals surface area contributed by atoms with E-state index < -0.39 is 0 Å². The number of halogens is 2. The summed E-state index contributed by atoms with van der Waals surface area (Å²) in [6.45, 7) is 6.40. The third-order valence-corrected chi connectivity index (χ3v) is 4.58. The Morgan fingerprint density at radius 2 is 1.85 bits per heavy atom. The van der Waals surface area contributed by atoms with Crippen LogP contribution >= 0.6 is 24.8 Å². The summed E-state index contributed by atoms with van der Waals surface area (Å²) in [6, 6.07) is 10.4. The van der Waals surface area contributed by atoms with Crippen molar-refractivity contribution < 1.29 is 4.74 Å². The lowest BCUT2D eigenvalue weighted by molar-refractivity contribution is 0.0562. The molecule has 0 radical (unpaired) electrons. The summed E-state index contributed by atoms with van der Waals surface area (Å²) in [5.41, 5.74) is 8.26. The molecule has 0 atom stereocenters. The van der Waals surface area contributed by atoms with Gasteiger partial charge in [0.05, 0.1) is 6.61 Å². The van der Waals surface area contributed by atoms with Crippen molar-refractivity contribution >= 4 is 30.6 Å². The maximum Gasteiger partial charge on any atom is 0.131 e. The fourth-order valence-corrected chi connectivity index (χ4v) is 3.10. The fraction of sp³-hybridized carbons (Fsp3) is 0.474. The van der Waals surface area contributed by atoms with Crippen LogP contribution in [-0.2, 0) is 17.9 Å². The predicted octanol–water partition coefficient (Wildman–Crippen LogP) is 3.64. The molecule has 7 heteroatoms. The van der Waals surface area contributed by atoms with Crippen LogP contribution in [0.5, 0.6) is 0 Å². The van der Waals surface area contributed by atoms with Crippen molar-refractivity contribution in [3.8, 4) is 0 Å².